The van der Waals surface area contributed by atoms with Gasteiger partial charge in [-0.2, -0.15) is 0 Å². The molecule has 3 fully saturated rings. The Kier molecular flexibility index (Phi) is 2.99. The van der Waals surface area contributed by atoms with Crippen LogP contribution in [0.4, 0.5) is 0 Å². The van der Waals surface area contributed by atoms with Crippen molar-refractivity contribution in [1.82, 2.24) is 4.90 Å². The topological polar surface area (TPSA) is 29.5 Å². The van der Waals surface area contributed by atoms with E-state index in [0.717, 1.165) is 24.9 Å². The second-order valence-electron chi connectivity index (χ2n) is 5.67. The summed E-state index contributed by atoms with van der Waals surface area (Å²) < 4.78 is 5.28. The molecule has 2 heterocycles. The first kappa shape index (κ1) is 10.7. The third-order valence-corrected chi connectivity index (χ3v) is 4.57. The molecule has 3 rings (SSSR count). The summed E-state index contributed by atoms with van der Waals surface area (Å²) in [5, 5.41) is 0. The molecule has 0 amide bonds. The van der Waals surface area contributed by atoms with E-state index in [4.69, 9.17) is 4.74 Å². The van der Waals surface area contributed by atoms with Gasteiger partial charge in [0.2, 0.25) is 0 Å². The summed E-state index contributed by atoms with van der Waals surface area (Å²) >= 11 is 0. The van der Waals surface area contributed by atoms with Gasteiger partial charge in [0.05, 0.1) is 13.2 Å². The minimum absolute atomic E-state index is 0.195. The van der Waals surface area contributed by atoms with Crippen LogP contribution in [0.3, 0.4) is 0 Å². The molecule has 0 radical (unpaired) electrons. The van der Waals surface area contributed by atoms with E-state index in [1.165, 1.54) is 32.4 Å². The number of nitrogens with zero attached hydrogens (tertiary/aromatic N) is 1. The zero-order valence-electron chi connectivity index (χ0n) is 9.86. The average Bonchev–Trinajstić information content (AvgIpc) is 2.91. The maximum absolute atomic E-state index is 12.0. The fourth-order valence-corrected chi connectivity index (χ4v) is 3.60. The second-order valence-corrected chi connectivity index (χ2v) is 5.67. The lowest BCUT2D eigenvalue weighted by atomic mass is 10.0. The first-order chi connectivity index (χ1) is 7.83. The monoisotopic (exact) mass is 223 g/mol. The van der Waals surface area contributed by atoms with Gasteiger partial charge in [0.25, 0.3) is 0 Å². The smallest absolute Gasteiger partial charge is 0.152 e. The van der Waals surface area contributed by atoms with Gasteiger partial charge in [0.1, 0.15) is 0 Å². The summed E-state index contributed by atoms with van der Waals surface area (Å²) in [5.41, 5.74) is 0. The van der Waals surface area contributed by atoms with Gasteiger partial charge < -0.3 is 4.74 Å². The molecule has 3 unspecified atom stereocenters. The molecule has 16 heavy (non-hydrogen) atoms. The number of likely N-dealkylation sites (tertiary alicyclic amines) is 1. The lowest BCUT2D eigenvalue weighted by Crippen LogP contribution is -2.32. The molecular weight excluding hydrogens is 202 g/mol. The molecule has 3 atom stereocenters. The molecule has 0 bridgehead atoms. The van der Waals surface area contributed by atoms with Gasteiger partial charge in [-0.15, -0.1) is 0 Å². The van der Waals surface area contributed by atoms with Gasteiger partial charge in [0, 0.05) is 25.6 Å². The van der Waals surface area contributed by atoms with Crippen molar-refractivity contribution in [2.45, 2.75) is 25.7 Å². The molecule has 1 saturated carbocycles. The van der Waals surface area contributed by atoms with E-state index < -0.39 is 0 Å². The zero-order chi connectivity index (χ0) is 11.0. The van der Waals surface area contributed by atoms with Crippen molar-refractivity contribution in [1.29, 1.82) is 0 Å². The molecule has 0 N–H and O–H groups in total. The Hall–Kier alpha value is -0.410. The van der Waals surface area contributed by atoms with Gasteiger partial charge >= 0.3 is 0 Å². The summed E-state index contributed by atoms with van der Waals surface area (Å²) in [7, 11) is 0. The minimum atomic E-state index is 0.195. The highest BCUT2D eigenvalue weighted by atomic mass is 16.5. The third-order valence-electron chi connectivity index (χ3n) is 4.57. The summed E-state index contributed by atoms with van der Waals surface area (Å²) in [6.45, 7) is 4.47. The Balaban J connectivity index is 1.50. The van der Waals surface area contributed by atoms with Gasteiger partial charge in [0.15, 0.2) is 5.78 Å². The molecule has 90 valence electrons. The van der Waals surface area contributed by atoms with Crippen LogP contribution in [0, 0.1) is 17.8 Å². The first-order valence-corrected chi connectivity index (χ1v) is 6.66. The van der Waals surface area contributed by atoms with Crippen LogP contribution >= 0.6 is 0 Å². The molecule has 1 aliphatic carbocycles. The summed E-state index contributed by atoms with van der Waals surface area (Å²) in [4.78, 5) is 14.4. The van der Waals surface area contributed by atoms with Crippen LogP contribution in [0.25, 0.3) is 0 Å². The SMILES string of the molecule is O=C(CN1CC2CCCC2C1)C1CCOC1. The Morgan fingerprint density at radius 3 is 2.56 bits per heavy atom. The van der Waals surface area contributed by atoms with Crippen LogP contribution in [0.5, 0.6) is 0 Å². The average molecular weight is 223 g/mol. The Bertz CT molecular complexity index is 261. The van der Waals surface area contributed by atoms with Gasteiger partial charge in [-0.25, -0.2) is 0 Å². The van der Waals surface area contributed by atoms with Crippen LogP contribution in [-0.4, -0.2) is 43.5 Å². The van der Waals surface area contributed by atoms with E-state index in [2.05, 4.69) is 4.90 Å². The van der Waals surface area contributed by atoms with E-state index in [1.807, 2.05) is 0 Å². The molecule has 0 spiro atoms. The molecule has 0 aromatic rings. The number of ketones is 1. The highest BCUT2D eigenvalue weighted by molar-refractivity contribution is 5.83. The molecule has 0 aromatic carbocycles. The Morgan fingerprint density at radius 2 is 1.94 bits per heavy atom. The maximum atomic E-state index is 12.0. The molecule has 3 nitrogen and oxygen atoms in total. The van der Waals surface area contributed by atoms with Crippen molar-refractivity contribution in [2.24, 2.45) is 17.8 Å². The molecule has 3 aliphatic rings. The standard InChI is InChI=1S/C13H21NO2/c15-13(12-4-5-16-9-12)8-14-6-10-2-1-3-11(10)7-14/h10-12H,1-9H2. The van der Waals surface area contributed by atoms with Gasteiger partial charge in [-0.3, -0.25) is 9.69 Å². The Morgan fingerprint density at radius 1 is 1.19 bits per heavy atom. The molecule has 0 aromatic heterocycles. The number of rotatable bonds is 3. The van der Waals surface area contributed by atoms with E-state index in [-0.39, 0.29) is 5.92 Å². The summed E-state index contributed by atoms with van der Waals surface area (Å²) in [5.74, 6) is 2.40. The lowest BCUT2D eigenvalue weighted by Gasteiger charge is -2.17. The van der Waals surface area contributed by atoms with E-state index in [0.29, 0.717) is 18.9 Å². The normalized spacial score (nSPS) is 39.1. The van der Waals surface area contributed by atoms with Crippen molar-refractivity contribution in [3.63, 3.8) is 0 Å². The van der Waals surface area contributed by atoms with Crippen LogP contribution in [-0.2, 0) is 9.53 Å². The van der Waals surface area contributed by atoms with Crippen molar-refractivity contribution >= 4 is 5.78 Å². The zero-order valence-corrected chi connectivity index (χ0v) is 9.86. The van der Waals surface area contributed by atoms with Crippen LogP contribution in [0.2, 0.25) is 0 Å². The first-order valence-electron chi connectivity index (χ1n) is 6.66. The van der Waals surface area contributed by atoms with E-state index in [1.54, 1.807) is 0 Å². The van der Waals surface area contributed by atoms with Crippen molar-refractivity contribution in [3.8, 4) is 0 Å². The molecule has 2 saturated heterocycles. The summed E-state index contributed by atoms with van der Waals surface area (Å²) in [6, 6.07) is 0. The number of fused-ring (bicyclic) bond motifs is 1. The highest BCUT2D eigenvalue weighted by Crippen LogP contribution is 2.37. The molecular formula is C13H21NO2. The number of carbonyl (C=O) groups excluding carboxylic acids is 1. The maximum Gasteiger partial charge on any atom is 0.152 e. The van der Waals surface area contributed by atoms with Gasteiger partial charge in [-0.05, 0) is 31.1 Å². The van der Waals surface area contributed by atoms with E-state index >= 15 is 0 Å². The largest absolute Gasteiger partial charge is 0.381 e. The molecule has 3 heteroatoms. The van der Waals surface area contributed by atoms with E-state index in [9.17, 15) is 4.79 Å². The van der Waals surface area contributed by atoms with Crippen molar-refractivity contribution < 1.29 is 9.53 Å². The van der Waals surface area contributed by atoms with Gasteiger partial charge in [-0.1, -0.05) is 6.42 Å². The van der Waals surface area contributed by atoms with Crippen LogP contribution < -0.4 is 0 Å². The second kappa shape index (κ2) is 4.46. The fraction of sp³-hybridized carbons (Fsp3) is 0.923. The predicted molar refractivity (Wildman–Crippen MR) is 61.2 cm³/mol. The predicted octanol–water partition coefficient (Wildman–Crippen LogP) is 1.32. The number of hydrogen-bond acceptors (Lipinski definition) is 3. The van der Waals surface area contributed by atoms with Crippen molar-refractivity contribution in [3.05, 3.63) is 0 Å². The quantitative estimate of drug-likeness (QED) is 0.723. The van der Waals surface area contributed by atoms with Crippen LogP contribution in [0.15, 0.2) is 0 Å². The highest BCUT2D eigenvalue weighted by Gasteiger charge is 2.37. The van der Waals surface area contributed by atoms with Crippen molar-refractivity contribution in [2.75, 3.05) is 32.8 Å². The number of hydrogen-bond donors (Lipinski definition) is 0. The summed E-state index contributed by atoms with van der Waals surface area (Å²) in [6.07, 6.45) is 5.14. The Labute approximate surface area is 97.1 Å². The fourth-order valence-electron chi connectivity index (χ4n) is 3.60. The number of carbonyl (C=O) groups is 1. The molecule has 2 aliphatic heterocycles. The van der Waals surface area contributed by atoms with Crippen LogP contribution in [0.1, 0.15) is 25.7 Å². The minimum Gasteiger partial charge on any atom is -0.381 e. The number of Topliss-reactive ketones (excluding diaryl/α,β-unsaturated/α-hetero) is 1. The third kappa shape index (κ3) is 2.03. The lowest BCUT2D eigenvalue weighted by molar-refractivity contribution is -0.123. The number of ether oxygens (including phenoxy) is 1.